The molecule has 0 unspecified atom stereocenters. The maximum absolute atomic E-state index is 13.4. The summed E-state index contributed by atoms with van der Waals surface area (Å²) < 4.78 is 13.4. The van der Waals surface area contributed by atoms with Crippen LogP contribution in [0.15, 0.2) is 48.5 Å². The van der Waals surface area contributed by atoms with Gasteiger partial charge in [0.1, 0.15) is 11.9 Å². The number of carbonyl (C=O) groups is 2. The molecule has 2 aromatic rings. The molecule has 2 aromatic carbocycles. The van der Waals surface area contributed by atoms with E-state index in [0.717, 1.165) is 0 Å². The van der Waals surface area contributed by atoms with Gasteiger partial charge in [0, 0.05) is 17.9 Å². The number of anilines is 2. The Morgan fingerprint density at radius 1 is 1.21 bits per heavy atom. The van der Waals surface area contributed by atoms with Crippen molar-refractivity contribution in [3.63, 3.8) is 0 Å². The van der Waals surface area contributed by atoms with Crippen molar-refractivity contribution in [2.75, 3.05) is 16.8 Å². The number of halogens is 1. The van der Waals surface area contributed by atoms with E-state index in [9.17, 15) is 14.0 Å². The third kappa shape index (κ3) is 3.37. The maximum Gasteiger partial charge on any atom is 0.319 e. The maximum atomic E-state index is 13.4. The summed E-state index contributed by atoms with van der Waals surface area (Å²) in [6.45, 7) is 2.14. The Labute approximate surface area is 139 Å². The molecule has 124 valence electrons. The van der Waals surface area contributed by atoms with Crippen molar-refractivity contribution in [3.05, 3.63) is 59.9 Å². The van der Waals surface area contributed by atoms with Gasteiger partial charge in [-0.3, -0.25) is 4.79 Å². The van der Waals surface area contributed by atoms with Crippen LogP contribution in [0.5, 0.6) is 0 Å². The van der Waals surface area contributed by atoms with E-state index in [0.29, 0.717) is 29.9 Å². The summed E-state index contributed by atoms with van der Waals surface area (Å²) >= 11 is 0. The lowest BCUT2D eigenvalue weighted by atomic mass is 10.2. The van der Waals surface area contributed by atoms with Gasteiger partial charge < -0.3 is 15.5 Å². The third-order valence-corrected chi connectivity index (χ3v) is 4.00. The van der Waals surface area contributed by atoms with E-state index in [1.807, 2.05) is 18.2 Å². The molecule has 1 fully saturated rings. The fourth-order valence-corrected chi connectivity index (χ4v) is 2.71. The van der Waals surface area contributed by atoms with Gasteiger partial charge in [0.2, 0.25) is 5.91 Å². The van der Waals surface area contributed by atoms with Crippen molar-refractivity contribution in [2.45, 2.75) is 19.4 Å². The molecule has 1 heterocycles. The van der Waals surface area contributed by atoms with Crippen molar-refractivity contribution < 1.29 is 14.0 Å². The predicted molar refractivity (Wildman–Crippen MR) is 90.5 cm³/mol. The minimum absolute atomic E-state index is 0.191. The quantitative estimate of drug-likeness (QED) is 0.910. The zero-order valence-corrected chi connectivity index (χ0v) is 13.3. The number of aryl methyl sites for hydroxylation is 1. The Morgan fingerprint density at radius 2 is 1.96 bits per heavy atom. The lowest BCUT2D eigenvalue weighted by molar-refractivity contribution is -0.118. The molecule has 0 saturated carbocycles. The van der Waals surface area contributed by atoms with E-state index < -0.39 is 12.1 Å². The first-order valence-electron chi connectivity index (χ1n) is 7.74. The van der Waals surface area contributed by atoms with Crippen molar-refractivity contribution in [1.29, 1.82) is 0 Å². The molecule has 0 bridgehead atoms. The molecule has 3 amide bonds. The van der Waals surface area contributed by atoms with Crippen molar-refractivity contribution in [1.82, 2.24) is 5.32 Å². The fourth-order valence-electron chi connectivity index (χ4n) is 2.71. The number of para-hydroxylation sites is 1. The zero-order valence-electron chi connectivity index (χ0n) is 13.3. The van der Waals surface area contributed by atoms with E-state index >= 15 is 0 Å². The molecular weight excluding hydrogens is 309 g/mol. The normalized spacial score (nSPS) is 17.0. The van der Waals surface area contributed by atoms with Crippen LogP contribution in [0, 0.1) is 12.7 Å². The van der Waals surface area contributed by atoms with Gasteiger partial charge in [0.05, 0.1) is 0 Å². The van der Waals surface area contributed by atoms with Gasteiger partial charge in [-0.05, 0) is 49.2 Å². The molecule has 1 atom stereocenters. The second-order valence-corrected chi connectivity index (χ2v) is 5.73. The highest BCUT2D eigenvalue weighted by atomic mass is 19.1. The summed E-state index contributed by atoms with van der Waals surface area (Å²) in [6, 6.07) is 12.6. The Kier molecular flexibility index (Phi) is 4.46. The molecule has 5 nitrogen and oxygen atoms in total. The largest absolute Gasteiger partial charge is 0.326 e. The van der Waals surface area contributed by atoms with Crippen LogP contribution in [-0.4, -0.2) is 24.5 Å². The number of hydrogen-bond acceptors (Lipinski definition) is 2. The molecule has 0 aromatic heterocycles. The summed E-state index contributed by atoms with van der Waals surface area (Å²) in [7, 11) is 0. The van der Waals surface area contributed by atoms with Crippen LogP contribution in [0.4, 0.5) is 20.6 Å². The molecule has 0 spiro atoms. The summed E-state index contributed by atoms with van der Waals surface area (Å²) in [5, 5.41) is 5.38. The first-order valence-corrected chi connectivity index (χ1v) is 7.74. The lowest BCUT2D eigenvalue weighted by Crippen LogP contribution is -2.43. The minimum atomic E-state index is -0.584. The molecule has 0 radical (unpaired) electrons. The van der Waals surface area contributed by atoms with Crippen LogP contribution in [-0.2, 0) is 4.79 Å². The molecule has 1 aliphatic heterocycles. The Bertz CT molecular complexity index is 764. The van der Waals surface area contributed by atoms with Crippen molar-refractivity contribution in [2.24, 2.45) is 0 Å². The van der Waals surface area contributed by atoms with Gasteiger partial charge in [-0.25, -0.2) is 9.18 Å². The molecule has 24 heavy (non-hydrogen) atoms. The highest BCUT2D eigenvalue weighted by molar-refractivity contribution is 6.02. The molecule has 1 saturated heterocycles. The number of nitrogens with one attached hydrogen (secondary N) is 2. The Morgan fingerprint density at radius 3 is 2.67 bits per heavy atom. The zero-order chi connectivity index (χ0) is 17.1. The first-order chi connectivity index (χ1) is 11.5. The predicted octanol–water partition coefficient (Wildman–Crippen LogP) is 3.06. The summed E-state index contributed by atoms with van der Waals surface area (Å²) in [5.74, 6) is -0.494. The van der Waals surface area contributed by atoms with Crippen LogP contribution < -0.4 is 15.5 Å². The van der Waals surface area contributed by atoms with Gasteiger partial charge in [-0.15, -0.1) is 0 Å². The van der Waals surface area contributed by atoms with E-state index in [1.165, 1.54) is 6.07 Å². The average Bonchev–Trinajstić information content (AvgIpc) is 2.92. The minimum Gasteiger partial charge on any atom is -0.326 e. The topological polar surface area (TPSA) is 61.4 Å². The molecule has 3 rings (SSSR count). The highest BCUT2D eigenvalue weighted by Gasteiger charge is 2.33. The van der Waals surface area contributed by atoms with Crippen LogP contribution in [0.3, 0.4) is 0 Å². The molecular formula is C18H18FN3O2. The van der Waals surface area contributed by atoms with Crippen LogP contribution >= 0.6 is 0 Å². The van der Waals surface area contributed by atoms with E-state index in [2.05, 4.69) is 10.6 Å². The second kappa shape index (κ2) is 6.70. The van der Waals surface area contributed by atoms with E-state index in [-0.39, 0.29) is 11.7 Å². The monoisotopic (exact) mass is 327 g/mol. The van der Waals surface area contributed by atoms with Crippen molar-refractivity contribution >= 4 is 23.3 Å². The Balaban J connectivity index is 1.63. The van der Waals surface area contributed by atoms with Crippen LogP contribution in [0.25, 0.3) is 0 Å². The van der Waals surface area contributed by atoms with E-state index in [1.54, 1.807) is 36.1 Å². The number of rotatable bonds is 3. The standard InChI is InChI=1S/C18H18FN3O2/c1-12-11-14(7-8-15(12)19)22-10-9-16(17(22)23)21-18(24)20-13-5-3-2-4-6-13/h2-8,11,16H,9-10H2,1H3,(H2,20,21,24)/t16-/m1/s1. The highest BCUT2D eigenvalue weighted by Crippen LogP contribution is 2.23. The van der Waals surface area contributed by atoms with Gasteiger partial charge in [0.25, 0.3) is 0 Å². The van der Waals surface area contributed by atoms with Gasteiger partial charge in [0.15, 0.2) is 0 Å². The third-order valence-electron chi connectivity index (χ3n) is 4.00. The number of amides is 3. The smallest absolute Gasteiger partial charge is 0.319 e. The fraction of sp³-hybridized carbons (Fsp3) is 0.222. The second-order valence-electron chi connectivity index (χ2n) is 5.73. The number of nitrogens with zero attached hydrogens (tertiary/aromatic N) is 1. The van der Waals surface area contributed by atoms with Crippen LogP contribution in [0.1, 0.15) is 12.0 Å². The summed E-state index contributed by atoms with van der Waals surface area (Å²) in [6.07, 6.45) is 0.511. The van der Waals surface area contributed by atoms with Gasteiger partial charge in [-0.1, -0.05) is 18.2 Å². The number of carbonyl (C=O) groups excluding carboxylic acids is 2. The SMILES string of the molecule is Cc1cc(N2CC[C@@H](NC(=O)Nc3ccccc3)C2=O)ccc1F. The molecule has 0 aliphatic carbocycles. The molecule has 1 aliphatic rings. The summed E-state index contributed by atoms with van der Waals surface area (Å²) in [4.78, 5) is 26.1. The Hall–Kier alpha value is -2.89. The van der Waals surface area contributed by atoms with E-state index in [4.69, 9.17) is 0 Å². The summed E-state index contributed by atoms with van der Waals surface area (Å²) in [5.41, 5.74) is 1.79. The van der Waals surface area contributed by atoms with Gasteiger partial charge >= 0.3 is 6.03 Å². The number of hydrogen-bond donors (Lipinski definition) is 2. The lowest BCUT2D eigenvalue weighted by Gasteiger charge is -2.18. The molecule has 6 heteroatoms. The van der Waals surface area contributed by atoms with Crippen molar-refractivity contribution in [3.8, 4) is 0 Å². The number of urea groups is 1. The average molecular weight is 327 g/mol. The molecule has 2 N–H and O–H groups in total. The number of benzene rings is 2. The first kappa shape index (κ1) is 16.0. The van der Waals surface area contributed by atoms with Crippen LogP contribution in [0.2, 0.25) is 0 Å². The van der Waals surface area contributed by atoms with Gasteiger partial charge in [-0.2, -0.15) is 0 Å².